The van der Waals surface area contributed by atoms with Crippen molar-refractivity contribution in [1.82, 2.24) is 15.6 Å². The maximum atomic E-state index is 12.6. The Bertz CT molecular complexity index is 1280. The Balaban J connectivity index is 1.49. The van der Waals surface area contributed by atoms with Gasteiger partial charge in [0.2, 0.25) is 5.91 Å². The second-order valence-electron chi connectivity index (χ2n) is 9.68. The third-order valence-corrected chi connectivity index (χ3v) is 6.31. The van der Waals surface area contributed by atoms with Crippen LogP contribution in [0.5, 0.6) is 5.75 Å². The number of hydrogen-bond acceptors (Lipinski definition) is 8. The minimum absolute atomic E-state index is 0.0264. The molecule has 0 fully saturated rings. The largest absolute Gasteiger partial charge is 0.495 e. The first-order valence-electron chi connectivity index (χ1n) is 12.9. The van der Waals surface area contributed by atoms with E-state index in [0.29, 0.717) is 30.1 Å². The fourth-order valence-electron chi connectivity index (χ4n) is 4.29. The molecule has 1 aliphatic heterocycles. The van der Waals surface area contributed by atoms with Crippen molar-refractivity contribution in [2.24, 2.45) is 5.10 Å². The summed E-state index contributed by atoms with van der Waals surface area (Å²) in [6.07, 6.45) is 0.793. The molecule has 12 heteroatoms. The van der Waals surface area contributed by atoms with Gasteiger partial charge in [-0.25, -0.2) is 9.59 Å². The Morgan fingerprint density at radius 1 is 1.12 bits per heavy atom. The van der Waals surface area contributed by atoms with E-state index in [1.54, 1.807) is 23.2 Å². The van der Waals surface area contributed by atoms with Gasteiger partial charge >= 0.3 is 12.0 Å². The molecule has 5 N–H and O–H groups in total. The molecule has 0 bridgehead atoms. The van der Waals surface area contributed by atoms with Crippen LogP contribution in [0.25, 0.3) is 0 Å². The smallest absolute Gasteiger partial charge is 0.328 e. The molecule has 12 nitrogen and oxygen atoms in total. The van der Waals surface area contributed by atoms with Crippen molar-refractivity contribution >= 4 is 40.8 Å². The normalized spacial score (nSPS) is 15.2. The van der Waals surface area contributed by atoms with Crippen LogP contribution < -0.4 is 26.0 Å². The number of nitrogens with zero attached hydrogens (tertiary/aromatic N) is 2. The Labute approximate surface area is 233 Å². The van der Waals surface area contributed by atoms with E-state index < -0.39 is 23.9 Å². The van der Waals surface area contributed by atoms with Crippen molar-refractivity contribution in [3.63, 3.8) is 0 Å². The highest BCUT2D eigenvalue weighted by Gasteiger charge is 2.28. The third kappa shape index (κ3) is 8.80. The molecule has 1 aliphatic rings. The number of rotatable bonds is 13. The summed E-state index contributed by atoms with van der Waals surface area (Å²) in [6.45, 7) is 5.66. The first-order valence-corrected chi connectivity index (χ1v) is 12.9. The SMILES string of the molecule is COc1cc(CC(=O)CNCC2=NN(CC(NC(C)=O)C(=O)O)C(C)C2)ccc1NC(=O)Nc1ccccc1C. The van der Waals surface area contributed by atoms with Crippen molar-refractivity contribution in [3.8, 4) is 5.75 Å². The Kier molecular flexibility index (Phi) is 10.6. The number of hydrogen-bond donors (Lipinski definition) is 5. The summed E-state index contributed by atoms with van der Waals surface area (Å²) in [5.74, 6) is -1.15. The number of para-hydroxylation sites is 1. The highest BCUT2D eigenvalue weighted by Crippen LogP contribution is 2.26. The molecular weight excluding hydrogens is 516 g/mol. The van der Waals surface area contributed by atoms with Gasteiger partial charge in [-0.05, 0) is 43.2 Å². The first-order chi connectivity index (χ1) is 19.0. The van der Waals surface area contributed by atoms with Crippen LogP contribution in [-0.2, 0) is 20.8 Å². The van der Waals surface area contributed by atoms with Gasteiger partial charge in [-0.2, -0.15) is 5.10 Å². The molecule has 0 saturated heterocycles. The molecule has 2 aromatic rings. The topological polar surface area (TPSA) is 161 Å². The number of hydrazone groups is 1. The number of nitrogens with one attached hydrogen (secondary N) is 4. The fourth-order valence-corrected chi connectivity index (χ4v) is 4.29. The zero-order valence-electron chi connectivity index (χ0n) is 23.1. The van der Waals surface area contributed by atoms with E-state index in [9.17, 15) is 24.3 Å². The van der Waals surface area contributed by atoms with Crippen LogP contribution in [0.15, 0.2) is 47.6 Å². The van der Waals surface area contributed by atoms with Crippen LogP contribution in [0.2, 0.25) is 0 Å². The van der Waals surface area contributed by atoms with Gasteiger partial charge in [0.25, 0.3) is 0 Å². The number of carboxylic acid groups (broad SMARTS) is 1. The lowest BCUT2D eigenvalue weighted by Crippen LogP contribution is -2.47. The molecular formula is C28H36N6O6. The number of carbonyl (C=O) groups excluding carboxylic acids is 3. The van der Waals surface area contributed by atoms with E-state index in [1.165, 1.54) is 14.0 Å². The zero-order valence-corrected chi connectivity index (χ0v) is 23.1. The lowest BCUT2D eigenvalue weighted by atomic mass is 10.1. The summed E-state index contributed by atoms with van der Waals surface area (Å²) in [5.41, 5.74) is 3.66. The second kappa shape index (κ2) is 14.1. The van der Waals surface area contributed by atoms with Crippen molar-refractivity contribution in [3.05, 3.63) is 53.6 Å². The summed E-state index contributed by atoms with van der Waals surface area (Å²) < 4.78 is 5.42. The number of ether oxygens (including phenoxy) is 1. The standard InChI is InChI=1S/C28H36N6O6/c1-17-7-5-6-8-23(17)31-28(39)32-24-10-9-20(13-26(24)40-4)12-22(36)15-29-14-21-11-18(2)34(33-21)16-25(27(37)38)30-19(3)35/h5-10,13,18,25,29H,11-12,14-16H2,1-4H3,(H,30,35)(H,37,38)(H2,31,32,39). The Hall–Kier alpha value is -4.45. The van der Waals surface area contributed by atoms with Crippen molar-refractivity contribution in [2.45, 2.75) is 45.7 Å². The van der Waals surface area contributed by atoms with Crippen molar-refractivity contribution < 1.29 is 29.0 Å². The van der Waals surface area contributed by atoms with E-state index in [4.69, 9.17) is 4.74 Å². The number of amides is 3. The monoisotopic (exact) mass is 552 g/mol. The van der Waals surface area contributed by atoms with E-state index in [1.807, 2.05) is 38.1 Å². The molecule has 2 unspecified atom stereocenters. The maximum Gasteiger partial charge on any atom is 0.328 e. The number of aryl methyl sites for hydroxylation is 1. The average Bonchev–Trinajstić information content (AvgIpc) is 3.24. The highest BCUT2D eigenvalue weighted by atomic mass is 16.5. The van der Waals surface area contributed by atoms with E-state index in [0.717, 1.165) is 16.8 Å². The van der Waals surface area contributed by atoms with Gasteiger partial charge in [0, 0.05) is 38.0 Å². The lowest BCUT2D eigenvalue weighted by Gasteiger charge is -2.24. The van der Waals surface area contributed by atoms with Crippen LogP contribution >= 0.6 is 0 Å². The number of anilines is 2. The summed E-state index contributed by atoms with van der Waals surface area (Å²) >= 11 is 0. The minimum Gasteiger partial charge on any atom is -0.495 e. The van der Waals surface area contributed by atoms with Crippen molar-refractivity contribution in [2.75, 3.05) is 37.4 Å². The number of carbonyl (C=O) groups is 4. The van der Waals surface area contributed by atoms with Gasteiger partial charge in [0.1, 0.15) is 11.8 Å². The molecule has 0 spiro atoms. The predicted molar refractivity (Wildman–Crippen MR) is 152 cm³/mol. The highest BCUT2D eigenvalue weighted by molar-refractivity contribution is 6.01. The van der Waals surface area contributed by atoms with Gasteiger partial charge in [-0.15, -0.1) is 0 Å². The third-order valence-electron chi connectivity index (χ3n) is 6.31. The van der Waals surface area contributed by atoms with Crippen LogP contribution in [0, 0.1) is 6.92 Å². The minimum atomic E-state index is -1.12. The van der Waals surface area contributed by atoms with Crippen LogP contribution in [0.4, 0.5) is 16.2 Å². The molecule has 40 heavy (non-hydrogen) atoms. The maximum absolute atomic E-state index is 12.6. The Morgan fingerprint density at radius 2 is 1.85 bits per heavy atom. The van der Waals surface area contributed by atoms with E-state index >= 15 is 0 Å². The quantitative estimate of drug-likeness (QED) is 0.253. The summed E-state index contributed by atoms with van der Waals surface area (Å²) in [4.78, 5) is 47.8. The molecule has 3 rings (SSSR count). The molecule has 3 amide bonds. The van der Waals surface area contributed by atoms with E-state index in [-0.39, 0.29) is 31.3 Å². The number of benzene rings is 2. The van der Waals surface area contributed by atoms with Crippen LogP contribution in [0.3, 0.4) is 0 Å². The molecule has 0 saturated carbocycles. The molecule has 2 atom stereocenters. The lowest BCUT2D eigenvalue weighted by molar-refractivity contribution is -0.142. The summed E-state index contributed by atoms with van der Waals surface area (Å²) in [6, 6.07) is 11.1. The van der Waals surface area contributed by atoms with Gasteiger partial charge in [-0.3, -0.25) is 14.6 Å². The molecule has 214 valence electrons. The van der Waals surface area contributed by atoms with Crippen molar-refractivity contribution in [1.29, 1.82) is 0 Å². The Morgan fingerprint density at radius 3 is 2.52 bits per heavy atom. The number of ketones is 1. The second-order valence-corrected chi connectivity index (χ2v) is 9.68. The molecule has 1 heterocycles. The number of urea groups is 1. The summed E-state index contributed by atoms with van der Waals surface area (Å²) in [5, 5.41) is 26.6. The summed E-state index contributed by atoms with van der Waals surface area (Å²) in [7, 11) is 1.49. The van der Waals surface area contributed by atoms with E-state index in [2.05, 4.69) is 26.4 Å². The van der Waals surface area contributed by atoms with Crippen LogP contribution in [-0.4, -0.2) is 78.3 Å². The average molecular weight is 553 g/mol. The van der Waals surface area contributed by atoms with Gasteiger partial charge in [0.05, 0.1) is 31.6 Å². The molecule has 0 radical (unpaired) electrons. The zero-order chi connectivity index (χ0) is 29.2. The van der Waals surface area contributed by atoms with Gasteiger partial charge < -0.3 is 31.1 Å². The number of methoxy groups -OCH3 is 1. The predicted octanol–water partition coefficient (Wildman–Crippen LogP) is 2.39. The van der Waals surface area contributed by atoms with Gasteiger partial charge in [0.15, 0.2) is 5.78 Å². The number of Topliss-reactive ketones (excluding diaryl/α,β-unsaturated/α-hetero) is 1. The first kappa shape index (κ1) is 30.1. The van der Waals surface area contributed by atoms with Crippen LogP contribution in [0.1, 0.15) is 31.4 Å². The molecule has 2 aromatic carbocycles. The number of aliphatic carboxylic acids is 1. The molecule has 0 aromatic heterocycles. The number of carboxylic acids is 1. The molecule has 0 aliphatic carbocycles. The fraction of sp³-hybridized carbons (Fsp3) is 0.393. The van der Waals surface area contributed by atoms with Gasteiger partial charge in [-0.1, -0.05) is 24.3 Å².